The van der Waals surface area contributed by atoms with Crippen molar-refractivity contribution in [3.8, 4) is 5.75 Å². The lowest BCUT2D eigenvalue weighted by atomic mass is 10.2. The van der Waals surface area contributed by atoms with Gasteiger partial charge in [-0.2, -0.15) is 10.1 Å². The molecule has 0 bridgehead atoms. The van der Waals surface area contributed by atoms with Crippen molar-refractivity contribution in [2.45, 2.75) is 13.2 Å². The normalized spacial score (nSPS) is 10.3. The predicted octanol–water partition coefficient (Wildman–Crippen LogP) is 4.20. The molecular formula is C22H20N6O. The second-order valence-corrected chi connectivity index (χ2v) is 6.30. The zero-order valence-electron chi connectivity index (χ0n) is 15.7. The zero-order chi connectivity index (χ0) is 19.7. The first-order chi connectivity index (χ1) is 14.3. The first-order valence-electron chi connectivity index (χ1n) is 9.21. The molecule has 7 nitrogen and oxygen atoms in total. The monoisotopic (exact) mass is 384 g/mol. The highest BCUT2D eigenvalue weighted by molar-refractivity contribution is 5.57. The van der Waals surface area contributed by atoms with E-state index in [1.165, 1.54) is 0 Å². The van der Waals surface area contributed by atoms with Crippen molar-refractivity contribution in [3.63, 3.8) is 0 Å². The number of rotatable bonds is 8. The second-order valence-electron chi connectivity index (χ2n) is 6.30. The van der Waals surface area contributed by atoms with Crippen molar-refractivity contribution in [1.29, 1.82) is 0 Å². The molecule has 4 rings (SSSR count). The molecule has 0 aliphatic rings. The van der Waals surface area contributed by atoms with Crippen molar-refractivity contribution in [3.05, 3.63) is 96.4 Å². The Morgan fingerprint density at radius 3 is 2.41 bits per heavy atom. The van der Waals surface area contributed by atoms with Crippen LogP contribution in [0.3, 0.4) is 0 Å². The molecule has 144 valence electrons. The zero-order valence-corrected chi connectivity index (χ0v) is 15.7. The van der Waals surface area contributed by atoms with Gasteiger partial charge in [-0.25, -0.2) is 0 Å². The average molecular weight is 384 g/mol. The lowest BCUT2D eigenvalue weighted by molar-refractivity contribution is 0.306. The van der Waals surface area contributed by atoms with E-state index in [4.69, 9.17) is 4.74 Å². The molecule has 0 unspecified atom stereocenters. The van der Waals surface area contributed by atoms with E-state index in [0.29, 0.717) is 24.9 Å². The Balaban J connectivity index is 1.33. The number of nitrogens with one attached hydrogen (secondary N) is 2. The third-order valence-electron chi connectivity index (χ3n) is 4.13. The molecule has 29 heavy (non-hydrogen) atoms. The molecule has 0 radical (unpaired) electrons. The molecule has 2 aromatic carbocycles. The number of anilines is 3. The average Bonchev–Trinajstić information content (AvgIpc) is 2.79. The minimum atomic E-state index is 0.453. The van der Waals surface area contributed by atoms with Crippen molar-refractivity contribution in [2.75, 3.05) is 10.6 Å². The summed E-state index contributed by atoms with van der Waals surface area (Å²) in [4.78, 5) is 8.44. The minimum Gasteiger partial charge on any atom is -0.489 e. The molecule has 0 aliphatic heterocycles. The fourth-order valence-electron chi connectivity index (χ4n) is 2.64. The number of pyridine rings is 1. The predicted molar refractivity (Wildman–Crippen MR) is 112 cm³/mol. The summed E-state index contributed by atoms with van der Waals surface area (Å²) >= 11 is 0. The fourth-order valence-corrected chi connectivity index (χ4v) is 2.64. The fraction of sp³-hybridized carbons (Fsp3) is 0.0909. The van der Waals surface area contributed by atoms with Crippen molar-refractivity contribution in [2.24, 2.45) is 0 Å². The van der Waals surface area contributed by atoms with E-state index in [9.17, 15) is 0 Å². The molecule has 0 amide bonds. The molecule has 0 fully saturated rings. The van der Waals surface area contributed by atoms with Gasteiger partial charge in [0.25, 0.3) is 0 Å². The van der Waals surface area contributed by atoms with Crippen LogP contribution in [0.2, 0.25) is 0 Å². The van der Waals surface area contributed by atoms with Crippen LogP contribution < -0.4 is 15.4 Å². The molecule has 0 spiro atoms. The molecule has 0 saturated heterocycles. The Hall–Kier alpha value is -4.00. The lowest BCUT2D eigenvalue weighted by Gasteiger charge is -2.09. The molecule has 0 saturated carbocycles. The Morgan fingerprint density at radius 2 is 1.62 bits per heavy atom. The summed E-state index contributed by atoms with van der Waals surface area (Å²) in [5.41, 5.74) is 3.11. The molecule has 2 N–H and O–H groups in total. The number of hydrogen-bond donors (Lipinski definition) is 2. The molecule has 0 aliphatic carbocycles. The summed E-state index contributed by atoms with van der Waals surface area (Å²) in [6.07, 6.45) is 5.08. The number of hydrogen-bond acceptors (Lipinski definition) is 7. The van der Waals surface area contributed by atoms with E-state index in [0.717, 1.165) is 22.6 Å². The van der Waals surface area contributed by atoms with E-state index in [2.05, 4.69) is 30.8 Å². The number of benzene rings is 2. The van der Waals surface area contributed by atoms with Crippen LogP contribution in [0.15, 0.2) is 85.3 Å². The third-order valence-corrected chi connectivity index (χ3v) is 4.13. The SMILES string of the molecule is c1ccc(COc2ccc(Nc3cnnc(NCc4ccncc4)n3)cc2)cc1. The van der Waals surface area contributed by atoms with Gasteiger partial charge in [0.15, 0.2) is 5.82 Å². The number of aromatic nitrogens is 4. The van der Waals surface area contributed by atoms with Gasteiger partial charge in [-0.3, -0.25) is 4.98 Å². The van der Waals surface area contributed by atoms with Gasteiger partial charge in [0.2, 0.25) is 5.95 Å². The summed E-state index contributed by atoms with van der Waals surface area (Å²) in [6, 6.07) is 21.7. The smallest absolute Gasteiger partial charge is 0.244 e. The number of nitrogens with zero attached hydrogens (tertiary/aromatic N) is 4. The van der Waals surface area contributed by atoms with Crippen LogP contribution in [-0.2, 0) is 13.2 Å². The van der Waals surface area contributed by atoms with Gasteiger partial charge in [-0.15, -0.1) is 5.10 Å². The van der Waals surface area contributed by atoms with Gasteiger partial charge in [-0.1, -0.05) is 30.3 Å². The maximum absolute atomic E-state index is 5.81. The first kappa shape index (κ1) is 18.4. The molecule has 7 heteroatoms. The summed E-state index contributed by atoms with van der Waals surface area (Å²) in [5.74, 6) is 1.87. The largest absolute Gasteiger partial charge is 0.489 e. The third kappa shape index (κ3) is 5.49. The van der Waals surface area contributed by atoms with Crippen LogP contribution in [0.1, 0.15) is 11.1 Å². The highest BCUT2D eigenvalue weighted by atomic mass is 16.5. The summed E-state index contributed by atoms with van der Waals surface area (Å²) < 4.78 is 5.81. The summed E-state index contributed by atoms with van der Waals surface area (Å²) in [6.45, 7) is 1.14. The molecule has 4 aromatic rings. The Labute approximate surface area is 168 Å². The number of ether oxygens (including phenoxy) is 1. The van der Waals surface area contributed by atoms with Crippen molar-refractivity contribution in [1.82, 2.24) is 20.2 Å². The van der Waals surface area contributed by atoms with Gasteiger partial charge in [0, 0.05) is 24.6 Å². The Kier molecular flexibility index (Phi) is 5.87. The molecule has 2 aromatic heterocycles. The summed E-state index contributed by atoms with van der Waals surface area (Å²) in [5, 5.41) is 14.4. The Bertz CT molecular complexity index is 1030. The van der Waals surface area contributed by atoms with Crippen molar-refractivity contribution >= 4 is 17.5 Å². The topological polar surface area (TPSA) is 84.9 Å². The van der Waals surface area contributed by atoms with Gasteiger partial charge >= 0.3 is 0 Å². The van der Waals surface area contributed by atoms with Gasteiger partial charge in [0.1, 0.15) is 12.4 Å². The van der Waals surface area contributed by atoms with Crippen LogP contribution in [-0.4, -0.2) is 20.2 Å². The maximum Gasteiger partial charge on any atom is 0.244 e. The van der Waals surface area contributed by atoms with Crippen molar-refractivity contribution < 1.29 is 4.74 Å². The van der Waals surface area contributed by atoms with Crippen LogP contribution in [0.5, 0.6) is 5.75 Å². The van der Waals surface area contributed by atoms with Gasteiger partial charge < -0.3 is 15.4 Å². The van der Waals surface area contributed by atoms with E-state index >= 15 is 0 Å². The van der Waals surface area contributed by atoms with Crippen LogP contribution >= 0.6 is 0 Å². The van der Waals surface area contributed by atoms with E-state index in [1.54, 1.807) is 18.6 Å². The lowest BCUT2D eigenvalue weighted by Crippen LogP contribution is -2.06. The highest BCUT2D eigenvalue weighted by Gasteiger charge is 2.03. The minimum absolute atomic E-state index is 0.453. The van der Waals surface area contributed by atoms with Crippen LogP contribution in [0.25, 0.3) is 0 Å². The van der Waals surface area contributed by atoms with Crippen LogP contribution in [0, 0.1) is 0 Å². The van der Waals surface area contributed by atoms with E-state index in [1.807, 2.05) is 66.7 Å². The first-order valence-corrected chi connectivity index (χ1v) is 9.21. The van der Waals surface area contributed by atoms with E-state index in [-0.39, 0.29) is 0 Å². The maximum atomic E-state index is 5.81. The second kappa shape index (κ2) is 9.27. The standard InChI is InChI=1S/C22H20N6O/c1-2-4-18(5-3-1)16-29-20-8-6-19(7-9-20)26-21-15-25-28-22(27-21)24-14-17-10-12-23-13-11-17/h1-13,15H,14,16H2,(H2,24,26,27,28). The van der Waals surface area contributed by atoms with Gasteiger partial charge in [0.05, 0.1) is 6.20 Å². The highest BCUT2D eigenvalue weighted by Crippen LogP contribution is 2.20. The Morgan fingerprint density at radius 1 is 0.828 bits per heavy atom. The molecule has 2 heterocycles. The quantitative estimate of drug-likeness (QED) is 0.471. The van der Waals surface area contributed by atoms with E-state index < -0.39 is 0 Å². The van der Waals surface area contributed by atoms with Gasteiger partial charge in [-0.05, 0) is 47.5 Å². The molecular weight excluding hydrogens is 364 g/mol. The molecule has 0 atom stereocenters. The van der Waals surface area contributed by atoms with Crippen LogP contribution in [0.4, 0.5) is 17.5 Å². The summed E-state index contributed by atoms with van der Waals surface area (Å²) in [7, 11) is 0.